The molecule has 0 saturated heterocycles. The Morgan fingerprint density at radius 3 is 1.62 bits per heavy atom. The monoisotopic (exact) mass is 878 g/mol. The number of nitrogens with zero attached hydrogens (tertiary/aromatic N) is 2. The van der Waals surface area contributed by atoms with E-state index < -0.39 is 0 Å². The van der Waals surface area contributed by atoms with Crippen LogP contribution in [0.3, 0.4) is 0 Å². The van der Waals surface area contributed by atoms with Gasteiger partial charge in [0.05, 0.1) is 22.4 Å². The van der Waals surface area contributed by atoms with E-state index in [-0.39, 0.29) is 0 Å². The van der Waals surface area contributed by atoms with Gasteiger partial charge in [0, 0.05) is 43.9 Å². The zero-order chi connectivity index (χ0) is 45.4. The molecule has 0 aliphatic rings. The first-order chi connectivity index (χ1) is 34.2. The van der Waals surface area contributed by atoms with Gasteiger partial charge in [-0.1, -0.05) is 188 Å². The number of benzene rings is 12. The average Bonchev–Trinajstić information content (AvgIpc) is 3.98. The van der Waals surface area contributed by atoms with Crippen molar-refractivity contribution in [2.24, 2.45) is 0 Å². The first kappa shape index (κ1) is 39.0. The highest BCUT2D eigenvalue weighted by molar-refractivity contribution is 6.18. The van der Waals surface area contributed by atoms with Crippen molar-refractivity contribution < 1.29 is 4.42 Å². The van der Waals surface area contributed by atoms with Crippen LogP contribution in [0.5, 0.6) is 0 Å². The van der Waals surface area contributed by atoms with E-state index in [9.17, 15) is 0 Å². The summed E-state index contributed by atoms with van der Waals surface area (Å²) in [5, 5.41) is 12.0. The highest BCUT2D eigenvalue weighted by Crippen LogP contribution is 2.48. The maximum absolute atomic E-state index is 7.09. The molecule has 0 saturated carbocycles. The fourth-order valence-corrected chi connectivity index (χ4v) is 10.9. The summed E-state index contributed by atoms with van der Waals surface area (Å²) in [5.74, 6) is 0. The molecule has 0 fully saturated rings. The fourth-order valence-electron chi connectivity index (χ4n) is 10.9. The molecular formula is C66H42N2O. The van der Waals surface area contributed by atoms with Crippen molar-refractivity contribution >= 4 is 93.1 Å². The van der Waals surface area contributed by atoms with Crippen molar-refractivity contribution in [1.82, 2.24) is 4.57 Å². The molecule has 14 rings (SSSR count). The summed E-state index contributed by atoms with van der Waals surface area (Å²) < 4.78 is 9.47. The Bertz CT molecular complexity index is 4260. The Labute approximate surface area is 399 Å². The second-order valence-electron chi connectivity index (χ2n) is 18.0. The van der Waals surface area contributed by atoms with Gasteiger partial charge in [-0.25, -0.2) is 0 Å². The van der Waals surface area contributed by atoms with Gasteiger partial charge in [0.15, 0.2) is 5.58 Å². The summed E-state index contributed by atoms with van der Waals surface area (Å²) in [6.45, 7) is 0. The van der Waals surface area contributed by atoms with Crippen molar-refractivity contribution in [3.8, 4) is 39.1 Å². The molecule has 2 heterocycles. The SMILES string of the molecule is c1ccc(-c2cc(-c3ccc4c(ccc5ccccc54)c3)ccc2N(c2ccc(-c3cccc(-n4c5ccccc5c5ccccc54)c3)cc2)c2cccc3c2oc2c4ccccc4ccc32)cc1. The molecule has 0 unspecified atom stereocenters. The lowest BCUT2D eigenvalue weighted by molar-refractivity contribution is 0.673. The maximum Gasteiger partial charge on any atom is 0.159 e. The molecule has 322 valence electrons. The van der Waals surface area contributed by atoms with E-state index in [4.69, 9.17) is 4.42 Å². The molecule has 3 nitrogen and oxygen atoms in total. The maximum atomic E-state index is 7.09. The molecule has 0 aliphatic carbocycles. The van der Waals surface area contributed by atoms with E-state index in [0.717, 1.165) is 83.3 Å². The van der Waals surface area contributed by atoms with Crippen molar-refractivity contribution in [1.29, 1.82) is 0 Å². The van der Waals surface area contributed by atoms with Gasteiger partial charge < -0.3 is 13.9 Å². The molecule has 0 spiro atoms. The minimum Gasteiger partial charge on any atom is -0.453 e. The highest BCUT2D eigenvalue weighted by atomic mass is 16.3. The second-order valence-corrected chi connectivity index (χ2v) is 18.0. The molecule has 0 bridgehead atoms. The van der Waals surface area contributed by atoms with Crippen LogP contribution in [0.2, 0.25) is 0 Å². The third-order valence-electron chi connectivity index (χ3n) is 14.2. The summed E-state index contributed by atoms with van der Waals surface area (Å²) in [4.78, 5) is 2.39. The first-order valence-electron chi connectivity index (χ1n) is 23.7. The number of rotatable bonds is 7. The molecule has 0 radical (unpaired) electrons. The molecule has 69 heavy (non-hydrogen) atoms. The third kappa shape index (κ3) is 6.36. The lowest BCUT2D eigenvalue weighted by Gasteiger charge is -2.28. The van der Waals surface area contributed by atoms with Gasteiger partial charge in [-0.05, 0) is 121 Å². The fraction of sp³-hybridized carbons (Fsp3) is 0. The van der Waals surface area contributed by atoms with Gasteiger partial charge in [-0.15, -0.1) is 0 Å². The minimum atomic E-state index is 0.844. The molecule has 0 N–H and O–H groups in total. The Morgan fingerprint density at radius 1 is 0.290 bits per heavy atom. The molecule has 3 heteroatoms. The van der Waals surface area contributed by atoms with Gasteiger partial charge in [0.1, 0.15) is 5.58 Å². The molecular weight excluding hydrogens is 837 g/mol. The largest absolute Gasteiger partial charge is 0.453 e. The predicted molar refractivity (Wildman–Crippen MR) is 292 cm³/mol. The predicted octanol–water partition coefficient (Wildman–Crippen LogP) is 18.6. The van der Waals surface area contributed by atoms with E-state index >= 15 is 0 Å². The van der Waals surface area contributed by atoms with Crippen LogP contribution in [0.25, 0.3) is 115 Å². The summed E-state index contributed by atoms with van der Waals surface area (Å²) in [6.07, 6.45) is 0. The summed E-state index contributed by atoms with van der Waals surface area (Å²) in [5.41, 5.74) is 15.2. The van der Waals surface area contributed by atoms with E-state index in [1.165, 1.54) is 48.9 Å². The Morgan fingerprint density at radius 2 is 0.826 bits per heavy atom. The highest BCUT2D eigenvalue weighted by Gasteiger charge is 2.24. The van der Waals surface area contributed by atoms with E-state index in [1.807, 2.05) is 0 Å². The first-order valence-corrected chi connectivity index (χ1v) is 23.7. The normalized spacial score (nSPS) is 11.8. The van der Waals surface area contributed by atoms with Crippen LogP contribution >= 0.6 is 0 Å². The Balaban J connectivity index is 0.949. The molecule has 0 amide bonds. The zero-order valence-corrected chi connectivity index (χ0v) is 37.6. The van der Waals surface area contributed by atoms with Crippen molar-refractivity contribution in [2.75, 3.05) is 4.90 Å². The lowest BCUT2D eigenvalue weighted by Crippen LogP contribution is -2.11. The number of furan rings is 1. The number of hydrogen-bond donors (Lipinski definition) is 0. The van der Waals surface area contributed by atoms with E-state index in [2.05, 4.69) is 264 Å². The van der Waals surface area contributed by atoms with Gasteiger partial charge >= 0.3 is 0 Å². The van der Waals surface area contributed by atoms with Crippen LogP contribution in [-0.4, -0.2) is 4.57 Å². The van der Waals surface area contributed by atoms with Gasteiger partial charge in [0.25, 0.3) is 0 Å². The average molecular weight is 879 g/mol. The summed E-state index contributed by atoms with van der Waals surface area (Å²) in [7, 11) is 0. The van der Waals surface area contributed by atoms with Crippen molar-refractivity contribution in [3.63, 3.8) is 0 Å². The number of anilines is 3. The van der Waals surface area contributed by atoms with E-state index in [0.29, 0.717) is 0 Å². The van der Waals surface area contributed by atoms with Crippen LogP contribution < -0.4 is 4.90 Å². The van der Waals surface area contributed by atoms with Crippen molar-refractivity contribution in [3.05, 3.63) is 255 Å². The molecule has 0 aliphatic heterocycles. The molecule has 0 atom stereocenters. The minimum absolute atomic E-state index is 0.844. The molecule has 2 aromatic heterocycles. The summed E-state index contributed by atoms with van der Waals surface area (Å²) >= 11 is 0. The second kappa shape index (κ2) is 15.7. The zero-order valence-electron chi connectivity index (χ0n) is 37.6. The topological polar surface area (TPSA) is 21.3 Å². The number of aromatic nitrogens is 1. The number of para-hydroxylation sites is 3. The third-order valence-corrected chi connectivity index (χ3v) is 14.2. The number of fused-ring (bicyclic) bond motifs is 11. The molecule has 12 aromatic carbocycles. The van der Waals surface area contributed by atoms with Crippen molar-refractivity contribution in [2.45, 2.75) is 0 Å². The van der Waals surface area contributed by atoms with Gasteiger partial charge in [-0.2, -0.15) is 0 Å². The van der Waals surface area contributed by atoms with Gasteiger partial charge in [0.2, 0.25) is 0 Å². The Kier molecular flexibility index (Phi) is 8.90. The quantitative estimate of drug-likeness (QED) is 0.149. The van der Waals surface area contributed by atoms with Gasteiger partial charge in [-0.3, -0.25) is 0 Å². The standard InChI is InChI=1S/C66H42N2O/c1-2-14-44(15-3-1)60-42-49(48-33-37-54-50(40-48)29-28-45-16-4-6-20-53(45)54)34-39-63(60)67(64-27-13-24-58-59-38-32-46-17-5-7-21-55(46)65(59)69-66(58)64)51-35-30-43(31-36-51)47-18-12-19-52(41-47)68-61-25-10-8-22-56(61)57-23-9-11-26-62(57)68/h1-42H. The van der Waals surface area contributed by atoms with Crippen LogP contribution in [0.15, 0.2) is 259 Å². The smallest absolute Gasteiger partial charge is 0.159 e. The Hall–Kier alpha value is -9.18. The van der Waals surface area contributed by atoms with Crippen LogP contribution in [0.1, 0.15) is 0 Å². The van der Waals surface area contributed by atoms with E-state index in [1.54, 1.807) is 0 Å². The lowest BCUT2D eigenvalue weighted by atomic mass is 9.94. The van der Waals surface area contributed by atoms with Crippen LogP contribution in [0, 0.1) is 0 Å². The number of hydrogen-bond acceptors (Lipinski definition) is 2. The van der Waals surface area contributed by atoms with Crippen LogP contribution in [0.4, 0.5) is 17.1 Å². The summed E-state index contributed by atoms with van der Waals surface area (Å²) in [6, 6.07) is 92.5. The van der Waals surface area contributed by atoms with Crippen LogP contribution in [-0.2, 0) is 0 Å². The molecule has 14 aromatic rings.